The second-order valence-electron chi connectivity index (χ2n) is 7.87. The molecule has 174 valence electrons. The van der Waals surface area contributed by atoms with Gasteiger partial charge >= 0.3 is 0 Å². The summed E-state index contributed by atoms with van der Waals surface area (Å²) in [4.78, 5) is 25.5. The highest BCUT2D eigenvalue weighted by molar-refractivity contribution is 8.00. The fourth-order valence-electron chi connectivity index (χ4n) is 3.79. The van der Waals surface area contributed by atoms with Gasteiger partial charge < -0.3 is 15.4 Å². The summed E-state index contributed by atoms with van der Waals surface area (Å²) in [6, 6.07) is 7.10. The number of carbonyl (C=O) groups excluding carboxylic acids is 2. The molecule has 3 rings (SSSR count). The van der Waals surface area contributed by atoms with Gasteiger partial charge in [-0.25, -0.2) is 0 Å². The number of ether oxygens (including phenoxy) is 1. The van der Waals surface area contributed by atoms with Crippen LogP contribution in [0.5, 0.6) is 5.75 Å². The summed E-state index contributed by atoms with van der Waals surface area (Å²) in [6.07, 6.45) is 6.56. The number of amides is 2. The van der Waals surface area contributed by atoms with E-state index >= 15 is 0 Å². The summed E-state index contributed by atoms with van der Waals surface area (Å²) >= 11 is 3.38. The number of hydrogen-bond donors (Lipinski definition) is 3. The molecule has 2 aliphatic rings. The van der Waals surface area contributed by atoms with E-state index in [1.54, 1.807) is 30.6 Å². The maximum absolute atomic E-state index is 12.9. The van der Waals surface area contributed by atoms with Crippen LogP contribution in [-0.4, -0.2) is 54.1 Å². The highest BCUT2D eigenvalue weighted by Gasteiger charge is 2.28. The molecule has 31 heavy (non-hydrogen) atoms. The molecule has 2 atom stereocenters. The number of benzene rings is 1. The van der Waals surface area contributed by atoms with Gasteiger partial charge in [0.05, 0.1) is 7.11 Å². The van der Waals surface area contributed by atoms with Crippen LogP contribution < -0.4 is 20.7 Å². The third-order valence-corrected chi connectivity index (χ3v) is 8.01. The van der Waals surface area contributed by atoms with Gasteiger partial charge in [-0.3, -0.25) is 14.9 Å². The standard InChI is InChI=1S/C22H33N3O3S2.ClH/c1-28-18-9-7-16(8-10-18)13-24-20(26)19(25-21(27)22-23-11-12-30-22)15-29-14-17-5-3-2-4-6-17;/h7-10,17,19,22-23H,2-6,11-15H2,1H3,(H,24,26)(H,25,27);1H/t19-,22?;/m0./s1. The second-order valence-corrected chi connectivity index (χ2v) is 10.2. The van der Waals surface area contributed by atoms with Crippen molar-refractivity contribution < 1.29 is 14.3 Å². The Kier molecular flexibility index (Phi) is 11.9. The molecule has 0 aromatic heterocycles. The van der Waals surface area contributed by atoms with Gasteiger partial charge in [-0.2, -0.15) is 11.8 Å². The van der Waals surface area contributed by atoms with Crippen LogP contribution in [-0.2, 0) is 16.1 Å². The second kappa shape index (κ2) is 14.1. The van der Waals surface area contributed by atoms with Crippen molar-refractivity contribution in [2.45, 2.75) is 50.1 Å². The molecule has 1 saturated carbocycles. The predicted octanol–water partition coefficient (Wildman–Crippen LogP) is 3.19. The van der Waals surface area contributed by atoms with E-state index in [1.165, 1.54) is 32.1 Å². The summed E-state index contributed by atoms with van der Waals surface area (Å²) in [6.45, 7) is 1.26. The maximum Gasteiger partial charge on any atom is 0.248 e. The number of hydrogen-bond acceptors (Lipinski definition) is 6. The minimum absolute atomic E-state index is 0. The molecule has 1 unspecified atom stereocenters. The first-order valence-corrected chi connectivity index (χ1v) is 13.0. The molecule has 9 heteroatoms. The Morgan fingerprint density at radius 1 is 1.23 bits per heavy atom. The zero-order valence-corrected chi connectivity index (χ0v) is 20.5. The molecular weight excluding hydrogens is 454 g/mol. The lowest BCUT2D eigenvalue weighted by Crippen LogP contribution is -2.52. The lowest BCUT2D eigenvalue weighted by atomic mass is 9.91. The van der Waals surface area contributed by atoms with Gasteiger partial charge in [0.25, 0.3) is 0 Å². The molecule has 1 aromatic carbocycles. The zero-order valence-electron chi connectivity index (χ0n) is 18.1. The zero-order chi connectivity index (χ0) is 21.2. The first-order valence-electron chi connectivity index (χ1n) is 10.8. The molecule has 3 N–H and O–H groups in total. The van der Waals surface area contributed by atoms with E-state index in [4.69, 9.17) is 4.74 Å². The fourth-order valence-corrected chi connectivity index (χ4v) is 5.99. The summed E-state index contributed by atoms with van der Waals surface area (Å²) in [7, 11) is 1.63. The van der Waals surface area contributed by atoms with E-state index in [9.17, 15) is 9.59 Å². The van der Waals surface area contributed by atoms with Crippen molar-refractivity contribution in [2.24, 2.45) is 5.92 Å². The van der Waals surface area contributed by atoms with Crippen molar-refractivity contribution in [1.29, 1.82) is 0 Å². The largest absolute Gasteiger partial charge is 0.497 e. The predicted molar refractivity (Wildman–Crippen MR) is 132 cm³/mol. The summed E-state index contributed by atoms with van der Waals surface area (Å²) in [5.41, 5.74) is 0.997. The summed E-state index contributed by atoms with van der Waals surface area (Å²) in [5.74, 6) is 3.90. The van der Waals surface area contributed by atoms with Crippen LogP contribution in [0.4, 0.5) is 0 Å². The van der Waals surface area contributed by atoms with Crippen molar-refractivity contribution >= 4 is 47.7 Å². The van der Waals surface area contributed by atoms with Crippen LogP contribution >= 0.6 is 35.9 Å². The SMILES string of the molecule is COc1ccc(CNC(=O)[C@H](CSCC2CCCCC2)NC(=O)C2NCCS2)cc1.Cl. The molecule has 6 nitrogen and oxygen atoms in total. The molecule has 2 amide bonds. The molecule has 0 spiro atoms. The normalized spacial score (nSPS) is 19.8. The van der Waals surface area contributed by atoms with E-state index in [2.05, 4.69) is 16.0 Å². The Morgan fingerprint density at radius 2 is 1.97 bits per heavy atom. The topological polar surface area (TPSA) is 79.5 Å². The molecule has 1 aromatic rings. The quantitative estimate of drug-likeness (QED) is 0.470. The van der Waals surface area contributed by atoms with Gasteiger partial charge in [-0.15, -0.1) is 24.2 Å². The molecule has 0 bridgehead atoms. The highest BCUT2D eigenvalue weighted by atomic mass is 35.5. The van der Waals surface area contributed by atoms with Crippen molar-refractivity contribution in [1.82, 2.24) is 16.0 Å². The number of carbonyl (C=O) groups is 2. The minimum Gasteiger partial charge on any atom is -0.497 e. The molecule has 0 radical (unpaired) electrons. The van der Waals surface area contributed by atoms with Crippen LogP contribution in [0.1, 0.15) is 37.7 Å². The van der Waals surface area contributed by atoms with Crippen LogP contribution in [0, 0.1) is 5.92 Å². The fraction of sp³-hybridized carbons (Fsp3) is 0.636. The van der Waals surface area contributed by atoms with Crippen LogP contribution in [0.3, 0.4) is 0 Å². The first-order chi connectivity index (χ1) is 14.7. The van der Waals surface area contributed by atoms with Crippen LogP contribution in [0.2, 0.25) is 0 Å². The van der Waals surface area contributed by atoms with Gasteiger partial charge in [0.15, 0.2) is 0 Å². The molecule has 1 aliphatic carbocycles. The Bertz CT molecular complexity index is 681. The van der Waals surface area contributed by atoms with Crippen molar-refractivity contribution in [3.05, 3.63) is 29.8 Å². The molecule has 1 aliphatic heterocycles. The number of halogens is 1. The number of methoxy groups -OCH3 is 1. The lowest BCUT2D eigenvalue weighted by Gasteiger charge is -2.23. The van der Waals surface area contributed by atoms with E-state index in [0.717, 1.165) is 35.3 Å². The number of thioether (sulfide) groups is 2. The van der Waals surface area contributed by atoms with Gasteiger partial charge in [0.2, 0.25) is 11.8 Å². The first kappa shape index (κ1) is 26.2. The third-order valence-electron chi connectivity index (χ3n) is 5.58. The Balaban J connectivity index is 0.00000341. The molecular formula is C22H34ClN3O3S2. The molecule has 1 saturated heterocycles. The van der Waals surface area contributed by atoms with Crippen molar-refractivity contribution in [3.63, 3.8) is 0 Å². The Morgan fingerprint density at radius 3 is 2.61 bits per heavy atom. The van der Waals surface area contributed by atoms with Gasteiger partial charge in [0.1, 0.15) is 17.2 Å². The van der Waals surface area contributed by atoms with E-state index in [1.807, 2.05) is 24.3 Å². The summed E-state index contributed by atoms with van der Waals surface area (Å²) < 4.78 is 5.17. The molecule has 1 heterocycles. The Hall–Kier alpha value is -1.09. The van der Waals surface area contributed by atoms with Gasteiger partial charge in [-0.05, 0) is 42.2 Å². The third kappa shape index (κ3) is 8.75. The Labute approximate surface area is 200 Å². The molecule has 2 fully saturated rings. The smallest absolute Gasteiger partial charge is 0.248 e. The minimum atomic E-state index is -0.521. The van der Waals surface area contributed by atoms with Crippen molar-refractivity contribution in [2.75, 3.05) is 30.9 Å². The van der Waals surface area contributed by atoms with Crippen LogP contribution in [0.15, 0.2) is 24.3 Å². The van der Waals surface area contributed by atoms with E-state index in [0.29, 0.717) is 12.3 Å². The van der Waals surface area contributed by atoms with E-state index in [-0.39, 0.29) is 29.6 Å². The van der Waals surface area contributed by atoms with Crippen LogP contribution in [0.25, 0.3) is 0 Å². The van der Waals surface area contributed by atoms with E-state index < -0.39 is 6.04 Å². The van der Waals surface area contributed by atoms with Crippen molar-refractivity contribution in [3.8, 4) is 5.75 Å². The highest BCUT2D eigenvalue weighted by Crippen LogP contribution is 2.27. The lowest BCUT2D eigenvalue weighted by molar-refractivity contribution is -0.128. The maximum atomic E-state index is 12.9. The monoisotopic (exact) mass is 487 g/mol. The average molecular weight is 488 g/mol. The summed E-state index contributed by atoms with van der Waals surface area (Å²) in [5, 5.41) is 8.88. The average Bonchev–Trinajstić information content (AvgIpc) is 3.33. The number of nitrogens with one attached hydrogen (secondary N) is 3. The number of rotatable bonds is 10. The van der Waals surface area contributed by atoms with Gasteiger partial charge in [-0.1, -0.05) is 31.4 Å². The van der Waals surface area contributed by atoms with Gasteiger partial charge in [0, 0.05) is 24.6 Å².